The van der Waals surface area contributed by atoms with Crippen LogP contribution in [-0.4, -0.2) is 30.8 Å². The number of likely N-dealkylation sites (N-methyl/N-ethyl adjacent to an activating group) is 1. The summed E-state index contributed by atoms with van der Waals surface area (Å²) in [6.45, 7) is 2.73. The Balaban J connectivity index is 2.25. The predicted molar refractivity (Wildman–Crippen MR) is 74.5 cm³/mol. The van der Waals surface area contributed by atoms with Crippen LogP contribution >= 0.6 is 12.2 Å². The molecule has 1 heterocycles. The molecule has 1 saturated heterocycles. The second-order valence-electron chi connectivity index (χ2n) is 4.57. The predicted octanol–water partition coefficient (Wildman–Crippen LogP) is 2.07. The van der Waals surface area contributed by atoms with Crippen LogP contribution in [0.5, 0.6) is 0 Å². The first-order valence-corrected chi connectivity index (χ1v) is 6.35. The third-order valence-electron chi connectivity index (χ3n) is 3.45. The molecule has 18 heavy (non-hydrogen) atoms. The zero-order valence-corrected chi connectivity index (χ0v) is 11.3. The van der Waals surface area contributed by atoms with Gasteiger partial charge in [0.05, 0.1) is 17.8 Å². The van der Waals surface area contributed by atoms with Gasteiger partial charge in [-0.3, -0.25) is 0 Å². The van der Waals surface area contributed by atoms with E-state index in [1.807, 2.05) is 18.9 Å². The van der Waals surface area contributed by atoms with E-state index in [1.165, 1.54) is 6.07 Å². The van der Waals surface area contributed by atoms with E-state index in [2.05, 4.69) is 0 Å². The molecule has 1 aliphatic heterocycles. The van der Waals surface area contributed by atoms with Gasteiger partial charge >= 0.3 is 0 Å². The largest absolute Gasteiger partial charge is 0.389 e. The summed E-state index contributed by atoms with van der Waals surface area (Å²) in [5.74, 6) is -0.304. The number of halogens is 1. The van der Waals surface area contributed by atoms with E-state index in [4.69, 9.17) is 22.7 Å². The van der Waals surface area contributed by atoms with Crippen molar-refractivity contribution in [2.24, 2.45) is 5.73 Å². The van der Waals surface area contributed by atoms with Crippen molar-refractivity contribution in [3.05, 3.63) is 29.6 Å². The van der Waals surface area contributed by atoms with Gasteiger partial charge in [0.1, 0.15) is 10.8 Å². The Hall–Kier alpha value is -1.20. The summed E-state index contributed by atoms with van der Waals surface area (Å²) in [6.07, 6.45) is 1.03. The van der Waals surface area contributed by atoms with Crippen LogP contribution in [0.1, 0.15) is 18.9 Å². The maximum absolute atomic E-state index is 14.0. The summed E-state index contributed by atoms with van der Waals surface area (Å²) in [4.78, 5) is 2.14. The number of nitrogens with zero attached hydrogens (tertiary/aromatic N) is 1. The highest BCUT2D eigenvalue weighted by Gasteiger charge is 2.29. The zero-order valence-electron chi connectivity index (χ0n) is 10.5. The third kappa shape index (κ3) is 2.47. The Kier molecular flexibility index (Phi) is 3.82. The van der Waals surface area contributed by atoms with Crippen LogP contribution in [0.2, 0.25) is 0 Å². The van der Waals surface area contributed by atoms with Crippen molar-refractivity contribution in [3.8, 4) is 0 Å². The molecule has 0 spiro atoms. The molecule has 0 aliphatic carbocycles. The number of thiocarbonyl (C=S) groups is 1. The molecule has 0 amide bonds. The topological polar surface area (TPSA) is 38.5 Å². The van der Waals surface area contributed by atoms with E-state index >= 15 is 0 Å². The molecule has 0 aromatic heterocycles. The van der Waals surface area contributed by atoms with Gasteiger partial charge < -0.3 is 15.4 Å². The van der Waals surface area contributed by atoms with Gasteiger partial charge in [0, 0.05) is 19.2 Å². The van der Waals surface area contributed by atoms with Crippen molar-refractivity contribution in [3.63, 3.8) is 0 Å². The molecule has 2 N–H and O–H groups in total. The number of ether oxygens (including phenoxy) is 1. The number of hydrogen-bond donors (Lipinski definition) is 1. The fourth-order valence-electron chi connectivity index (χ4n) is 2.35. The summed E-state index contributed by atoms with van der Waals surface area (Å²) < 4.78 is 19.5. The normalized spacial score (nSPS) is 23.1. The van der Waals surface area contributed by atoms with Crippen molar-refractivity contribution in [2.45, 2.75) is 25.5 Å². The van der Waals surface area contributed by atoms with E-state index in [1.54, 1.807) is 12.1 Å². The minimum atomic E-state index is -0.304. The lowest BCUT2D eigenvalue weighted by Crippen LogP contribution is -2.37. The SMILES string of the molecule is CC1OCCC1N(C)c1ccc(C(N)=S)cc1F. The number of benzene rings is 1. The van der Waals surface area contributed by atoms with Crippen molar-refractivity contribution in [1.29, 1.82) is 0 Å². The lowest BCUT2D eigenvalue weighted by atomic mass is 10.1. The second-order valence-corrected chi connectivity index (χ2v) is 5.01. The Labute approximate surface area is 112 Å². The van der Waals surface area contributed by atoms with Gasteiger partial charge in [-0.1, -0.05) is 12.2 Å². The summed E-state index contributed by atoms with van der Waals surface area (Å²) in [6, 6.07) is 5.05. The van der Waals surface area contributed by atoms with E-state index in [0.29, 0.717) is 11.3 Å². The molecular formula is C13H17FN2OS. The Bertz CT molecular complexity index is 466. The average Bonchev–Trinajstić information content (AvgIpc) is 2.74. The summed E-state index contributed by atoms with van der Waals surface area (Å²) in [5, 5.41) is 0. The van der Waals surface area contributed by atoms with E-state index in [0.717, 1.165) is 13.0 Å². The van der Waals surface area contributed by atoms with E-state index in [9.17, 15) is 4.39 Å². The highest BCUT2D eigenvalue weighted by atomic mass is 32.1. The van der Waals surface area contributed by atoms with E-state index < -0.39 is 0 Å². The van der Waals surface area contributed by atoms with Crippen LogP contribution in [0.3, 0.4) is 0 Å². The average molecular weight is 268 g/mol. The molecule has 0 radical (unpaired) electrons. The first-order chi connectivity index (χ1) is 8.50. The van der Waals surface area contributed by atoms with Crippen molar-refractivity contribution >= 4 is 22.9 Å². The van der Waals surface area contributed by atoms with Crippen LogP contribution in [0.4, 0.5) is 10.1 Å². The maximum Gasteiger partial charge on any atom is 0.147 e. The fourth-order valence-corrected chi connectivity index (χ4v) is 2.48. The highest BCUT2D eigenvalue weighted by Crippen LogP contribution is 2.27. The molecule has 0 bridgehead atoms. The van der Waals surface area contributed by atoms with Crippen LogP contribution < -0.4 is 10.6 Å². The maximum atomic E-state index is 14.0. The Morgan fingerprint density at radius 3 is 2.78 bits per heavy atom. The third-order valence-corrected chi connectivity index (χ3v) is 3.68. The Morgan fingerprint density at radius 1 is 1.56 bits per heavy atom. The fraction of sp³-hybridized carbons (Fsp3) is 0.462. The summed E-state index contributed by atoms with van der Waals surface area (Å²) in [7, 11) is 1.88. The highest BCUT2D eigenvalue weighted by molar-refractivity contribution is 7.80. The lowest BCUT2D eigenvalue weighted by Gasteiger charge is -2.29. The van der Waals surface area contributed by atoms with Gasteiger partial charge in [0.15, 0.2) is 0 Å². The standard InChI is InChI=1S/C13H17FN2OS/c1-8-11(5-6-17-8)16(2)12-4-3-9(13(15)18)7-10(12)14/h3-4,7-8,11H,5-6H2,1-2H3,(H2,15,18). The van der Waals surface area contributed by atoms with Gasteiger partial charge in [-0.05, 0) is 31.5 Å². The van der Waals surface area contributed by atoms with Gasteiger partial charge in [0.2, 0.25) is 0 Å². The summed E-state index contributed by atoms with van der Waals surface area (Å²) in [5.41, 5.74) is 6.59. The smallest absolute Gasteiger partial charge is 0.147 e. The van der Waals surface area contributed by atoms with Crippen molar-refractivity contribution < 1.29 is 9.13 Å². The lowest BCUT2D eigenvalue weighted by molar-refractivity contribution is 0.118. The molecule has 3 nitrogen and oxygen atoms in total. The van der Waals surface area contributed by atoms with Gasteiger partial charge in [0.25, 0.3) is 0 Å². The van der Waals surface area contributed by atoms with E-state index in [-0.39, 0.29) is 23.0 Å². The molecule has 0 saturated carbocycles. The minimum absolute atomic E-state index is 0.115. The molecule has 2 unspecified atom stereocenters. The number of rotatable bonds is 3. The molecule has 1 fully saturated rings. The minimum Gasteiger partial charge on any atom is -0.389 e. The first-order valence-electron chi connectivity index (χ1n) is 5.94. The summed E-state index contributed by atoms with van der Waals surface area (Å²) >= 11 is 4.83. The second kappa shape index (κ2) is 5.20. The molecule has 5 heteroatoms. The molecule has 98 valence electrons. The molecule has 1 aromatic carbocycles. The van der Waals surface area contributed by atoms with Crippen LogP contribution in [0, 0.1) is 5.82 Å². The van der Waals surface area contributed by atoms with Crippen LogP contribution in [0.15, 0.2) is 18.2 Å². The Morgan fingerprint density at radius 2 is 2.28 bits per heavy atom. The van der Waals surface area contributed by atoms with Crippen molar-refractivity contribution in [1.82, 2.24) is 0 Å². The van der Waals surface area contributed by atoms with Crippen LogP contribution in [-0.2, 0) is 4.74 Å². The van der Waals surface area contributed by atoms with Crippen molar-refractivity contribution in [2.75, 3.05) is 18.6 Å². The van der Waals surface area contributed by atoms with Gasteiger partial charge in [-0.2, -0.15) is 0 Å². The van der Waals surface area contributed by atoms with Gasteiger partial charge in [-0.25, -0.2) is 4.39 Å². The molecule has 1 aromatic rings. The number of anilines is 1. The quantitative estimate of drug-likeness (QED) is 0.852. The number of hydrogen-bond acceptors (Lipinski definition) is 3. The zero-order chi connectivity index (χ0) is 13.3. The molecule has 1 aliphatic rings. The van der Waals surface area contributed by atoms with Crippen LogP contribution in [0.25, 0.3) is 0 Å². The monoisotopic (exact) mass is 268 g/mol. The van der Waals surface area contributed by atoms with Gasteiger partial charge in [-0.15, -0.1) is 0 Å². The molecular weight excluding hydrogens is 251 g/mol. The molecule has 2 atom stereocenters. The molecule has 2 rings (SSSR count). The first kappa shape index (κ1) is 13.2. The number of nitrogens with two attached hydrogens (primary N) is 1.